The van der Waals surface area contributed by atoms with Crippen molar-refractivity contribution in [3.8, 4) is 0 Å². The third-order valence-corrected chi connectivity index (χ3v) is 5.29. The van der Waals surface area contributed by atoms with Crippen LogP contribution in [-0.2, 0) is 0 Å². The van der Waals surface area contributed by atoms with E-state index >= 15 is 0 Å². The molecule has 0 bridgehead atoms. The third-order valence-electron chi connectivity index (χ3n) is 3.89. The number of hydrogen-bond donors (Lipinski definition) is 1. The molecule has 1 aliphatic carbocycles. The van der Waals surface area contributed by atoms with E-state index in [2.05, 4.69) is 18.5 Å². The predicted octanol–water partition coefficient (Wildman–Crippen LogP) is 4.80. The first-order chi connectivity index (χ1) is 9.10. The van der Waals surface area contributed by atoms with Gasteiger partial charge in [0.05, 0.1) is 5.02 Å². The molecular weight excluding hydrogens is 281 g/mol. The summed E-state index contributed by atoms with van der Waals surface area (Å²) < 4.78 is 13.5. The first-order valence-corrected chi connectivity index (χ1v) is 8.50. The molecule has 0 spiro atoms. The maximum Gasteiger partial charge on any atom is 0.142 e. The summed E-state index contributed by atoms with van der Waals surface area (Å²) in [5, 5.41) is 4.58. The molecule has 1 N–H and O–H groups in total. The molecule has 1 aliphatic rings. The minimum atomic E-state index is -0.335. The second kappa shape index (κ2) is 6.96. The van der Waals surface area contributed by atoms with Crippen molar-refractivity contribution < 1.29 is 4.39 Å². The maximum atomic E-state index is 13.5. The fourth-order valence-electron chi connectivity index (χ4n) is 2.74. The minimum absolute atomic E-state index is 0.164. The van der Waals surface area contributed by atoms with E-state index in [0.717, 1.165) is 10.8 Å². The molecule has 0 radical (unpaired) electrons. The SMILES string of the molecule is CSC1CCCC(NC(C)c2ccc(Cl)c(F)c2)C1. The summed E-state index contributed by atoms with van der Waals surface area (Å²) in [7, 11) is 0. The lowest BCUT2D eigenvalue weighted by Gasteiger charge is -2.31. The van der Waals surface area contributed by atoms with Crippen LogP contribution in [0.4, 0.5) is 4.39 Å². The average Bonchev–Trinajstić information content (AvgIpc) is 2.42. The van der Waals surface area contributed by atoms with Gasteiger partial charge in [-0.1, -0.05) is 24.1 Å². The number of benzene rings is 1. The van der Waals surface area contributed by atoms with Crippen molar-refractivity contribution in [2.45, 2.75) is 49.9 Å². The summed E-state index contributed by atoms with van der Waals surface area (Å²) in [6, 6.07) is 5.78. The molecule has 0 aliphatic heterocycles. The lowest BCUT2D eigenvalue weighted by Crippen LogP contribution is -2.36. The van der Waals surface area contributed by atoms with Gasteiger partial charge in [0.15, 0.2) is 0 Å². The molecule has 1 aromatic carbocycles. The van der Waals surface area contributed by atoms with Crippen LogP contribution in [0, 0.1) is 5.82 Å². The summed E-state index contributed by atoms with van der Waals surface area (Å²) in [4.78, 5) is 0. The van der Waals surface area contributed by atoms with E-state index in [-0.39, 0.29) is 16.9 Å². The van der Waals surface area contributed by atoms with E-state index in [1.807, 2.05) is 17.8 Å². The highest BCUT2D eigenvalue weighted by Crippen LogP contribution is 2.29. The Morgan fingerprint density at radius 2 is 2.21 bits per heavy atom. The normalized spacial score (nSPS) is 25.3. The Labute approximate surface area is 124 Å². The van der Waals surface area contributed by atoms with Crippen molar-refractivity contribution in [2.24, 2.45) is 0 Å². The number of thioether (sulfide) groups is 1. The van der Waals surface area contributed by atoms with Crippen LogP contribution in [0.2, 0.25) is 5.02 Å². The molecule has 19 heavy (non-hydrogen) atoms. The van der Waals surface area contributed by atoms with Crippen LogP contribution < -0.4 is 5.32 Å². The van der Waals surface area contributed by atoms with Crippen molar-refractivity contribution in [1.29, 1.82) is 0 Å². The van der Waals surface area contributed by atoms with Crippen LogP contribution in [0.5, 0.6) is 0 Å². The van der Waals surface area contributed by atoms with Gasteiger partial charge in [-0.3, -0.25) is 0 Å². The lowest BCUT2D eigenvalue weighted by molar-refractivity contribution is 0.353. The molecule has 4 heteroatoms. The quantitative estimate of drug-likeness (QED) is 0.857. The molecule has 0 heterocycles. The average molecular weight is 302 g/mol. The first-order valence-electron chi connectivity index (χ1n) is 6.84. The number of halogens is 2. The summed E-state index contributed by atoms with van der Waals surface area (Å²) in [6.45, 7) is 2.09. The molecule has 3 atom stereocenters. The Morgan fingerprint density at radius 3 is 2.89 bits per heavy atom. The standard InChI is InChI=1S/C15H21ClFNS/c1-10(11-6-7-14(16)15(17)8-11)18-12-4-3-5-13(9-12)19-2/h6-8,10,12-13,18H,3-5,9H2,1-2H3. The molecular formula is C15H21ClFNS. The zero-order valence-electron chi connectivity index (χ0n) is 11.5. The fraction of sp³-hybridized carbons (Fsp3) is 0.600. The monoisotopic (exact) mass is 301 g/mol. The molecule has 0 amide bonds. The molecule has 106 valence electrons. The molecule has 0 aromatic heterocycles. The van der Waals surface area contributed by atoms with E-state index in [9.17, 15) is 4.39 Å². The van der Waals surface area contributed by atoms with Crippen molar-refractivity contribution in [3.05, 3.63) is 34.6 Å². The summed E-state index contributed by atoms with van der Waals surface area (Å²) >= 11 is 7.68. The van der Waals surface area contributed by atoms with E-state index in [1.165, 1.54) is 31.7 Å². The van der Waals surface area contributed by atoms with Gasteiger partial charge >= 0.3 is 0 Å². The van der Waals surface area contributed by atoms with Crippen LogP contribution in [0.3, 0.4) is 0 Å². The minimum Gasteiger partial charge on any atom is -0.307 e. The molecule has 1 fully saturated rings. The maximum absolute atomic E-state index is 13.5. The fourth-order valence-corrected chi connectivity index (χ4v) is 3.69. The Bertz CT molecular complexity index is 427. The Morgan fingerprint density at radius 1 is 1.42 bits per heavy atom. The summed E-state index contributed by atoms with van der Waals surface area (Å²) in [5.41, 5.74) is 0.966. The van der Waals surface area contributed by atoms with E-state index in [1.54, 1.807) is 6.07 Å². The van der Waals surface area contributed by atoms with Crippen molar-refractivity contribution in [2.75, 3.05) is 6.26 Å². The van der Waals surface area contributed by atoms with Gasteiger partial charge < -0.3 is 5.32 Å². The van der Waals surface area contributed by atoms with E-state index < -0.39 is 0 Å². The van der Waals surface area contributed by atoms with Crippen molar-refractivity contribution >= 4 is 23.4 Å². The third kappa shape index (κ3) is 4.11. The van der Waals surface area contributed by atoms with Gasteiger partial charge in [-0.15, -0.1) is 0 Å². The number of rotatable bonds is 4. The van der Waals surface area contributed by atoms with Gasteiger partial charge in [-0.05, 0) is 50.1 Å². The topological polar surface area (TPSA) is 12.0 Å². The van der Waals surface area contributed by atoms with Crippen LogP contribution >= 0.6 is 23.4 Å². The highest BCUT2D eigenvalue weighted by atomic mass is 35.5. The van der Waals surface area contributed by atoms with Crippen LogP contribution in [0.25, 0.3) is 0 Å². The van der Waals surface area contributed by atoms with Gasteiger partial charge in [-0.25, -0.2) is 4.39 Å². The molecule has 1 nitrogen and oxygen atoms in total. The van der Waals surface area contributed by atoms with Crippen LogP contribution in [0.1, 0.15) is 44.2 Å². The highest BCUT2D eigenvalue weighted by molar-refractivity contribution is 7.99. The predicted molar refractivity (Wildman–Crippen MR) is 82.5 cm³/mol. The van der Waals surface area contributed by atoms with E-state index in [4.69, 9.17) is 11.6 Å². The molecule has 1 saturated carbocycles. The Balaban J connectivity index is 1.96. The second-order valence-corrected chi connectivity index (χ2v) is 6.83. The highest BCUT2D eigenvalue weighted by Gasteiger charge is 2.22. The van der Waals surface area contributed by atoms with Gasteiger partial charge in [0.1, 0.15) is 5.82 Å². The number of hydrogen-bond acceptors (Lipinski definition) is 2. The van der Waals surface area contributed by atoms with E-state index in [0.29, 0.717) is 6.04 Å². The van der Waals surface area contributed by atoms with Crippen LogP contribution in [-0.4, -0.2) is 17.5 Å². The Kier molecular flexibility index (Phi) is 5.55. The summed E-state index contributed by atoms with van der Waals surface area (Å²) in [5.74, 6) is -0.335. The van der Waals surface area contributed by atoms with Crippen LogP contribution in [0.15, 0.2) is 18.2 Å². The molecule has 1 aromatic rings. The molecule has 3 unspecified atom stereocenters. The molecule has 2 rings (SSSR count). The second-order valence-electron chi connectivity index (χ2n) is 5.28. The van der Waals surface area contributed by atoms with Gasteiger partial charge in [-0.2, -0.15) is 11.8 Å². The zero-order valence-corrected chi connectivity index (χ0v) is 13.0. The Hall–Kier alpha value is -0.250. The smallest absolute Gasteiger partial charge is 0.142 e. The number of nitrogens with one attached hydrogen (secondary N) is 1. The van der Waals surface area contributed by atoms with Gasteiger partial charge in [0.2, 0.25) is 0 Å². The first kappa shape index (κ1) is 15.1. The van der Waals surface area contributed by atoms with Gasteiger partial charge in [0.25, 0.3) is 0 Å². The largest absolute Gasteiger partial charge is 0.307 e. The van der Waals surface area contributed by atoms with Crippen molar-refractivity contribution in [1.82, 2.24) is 5.32 Å². The zero-order chi connectivity index (χ0) is 13.8. The summed E-state index contributed by atoms with van der Waals surface area (Å²) in [6.07, 6.45) is 7.22. The van der Waals surface area contributed by atoms with Crippen molar-refractivity contribution in [3.63, 3.8) is 0 Å². The lowest BCUT2D eigenvalue weighted by atomic mass is 9.93. The van der Waals surface area contributed by atoms with Gasteiger partial charge in [0, 0.05) is 17.3 Å². The molecule has 0 saturated heterocycles.